The van der Waals surface area contributed by atoms with Crippen LogP contribution in [0.2, 0.25) is 5.02 Å². The normalized spacial score (nSPS) is 10.6. The van der Waals surface area contributed by atoms with Crippen molar-refractivity contribution in [2.75, 3.05) is 5.32 Å². The molecule has 106 valence electrons. The Morgan fingerprint density at radius 2 is 2.00 bits per heavy atom. The highest BCUT2D eigenvalue weighted by atomic mass is 35.5. The molecule has 4 nitrogen and oxygen atoms in total. The van der Waals surface area contributed by atoms with Crippen molar-refractivity contribution in [3.63, 3.8) is 0 Å². The van der Waals surface area contributed by atoms with Crippen molar-refractivity contribution in [1.29, 1.82) is 0 Å². The van der Waals surface area contributed by atoms with E-state index in [1.165, 1.54) is 11.3 Å². The molecular formula is C15H11ClN2O2S. The summed E-state index contributed by atoms with van der Waals surface area (Å²) in [7, 11) is 0. The molecule has 0 saturated carbocycles. The minimum atomic E-state index is -0.261. The number of benzene rings is 1. The van der Waals surface area contributed by atoms with Gasteiger partial charge < -0.3 is 9.73 Å². The number of rotatable bonds is 3. The Hall–Kier alpha value is -2.11. The van der Waals surface area contributed by atoms with Crippen molar-refractivity contribution in [2.45, 2.75) is 6.92 Å². The van der Waals surface area contributed by atoms with Crippen LogP contribution in [0.25, 0.3) is 10.8 Å². The van der Waals surface area contributed by atoms with Crippen LogP contribution in [-0.2, 0) is 0 Å². The molecular weight excluding hydrogens is 308 g/mol. The number of nitrogens with zero attached hydrogens (tertiary/aromatic N) is 1. The summed E-state index contributed by atoms with van der Waals surface area (Å²) in [5.41, 5.74) is 1.03. The molecule has 1 amide bonds. The molecule has 0 aliphatic carbocycles. The van der Waals surface area contributed by atoms with Crippen LogP contribution >= 0.6 is 22.9 Å². The number of halogens is 1. The maximum absolute atomic E-state index is 12.1. The van der Waals surface area contributed by atoms with Gasteiger partial charge in [0.2, 0.25) is 0 Å². The van der Waals surface area contributed by atoms with E-state index in [4.69, 9.17) is 16.0 Å². The molecule has 21 heavy (non-hydrogen) atoms. The van der Waals surface area contributed by atoms with Gasteiger partial charge in [-0.25, -0.2) is 4.98 Å². The van der Waals surface area contributed by atoms with Crippen LogP contribution in [-0.4, -0.2) is 10.9 Å². The molecule has 2 heterocycles. The molecule has 0 radical (unpaired) electrons. The third-order valence-electron chi connectivity index (χ3n) is 2.79. The Morgan fingerprint density at radius 1 is 1.24 bits per heavy atom. The molecule has 0 atom stereocenters. The van der Waals surface area contributed by atoms with Crippen molar-refractivity contribution < 1.29 is 9.21 Å². The quantitative estimate of drug-likeness (QED) is 0.766. The van der Waals surface area contributed by atoms with Crippen LogP contribution in [0, 0.1) is 6.92 Å². The number of thiazole rings is 1. The molecule has 1 N–H and O–H groups in total. The second-order valence-corrected chi connectivity index (χ2v) is 5.70. The van der Waals surface area contributed by atoms with E-state index in [0.717, 1.165) is 5.76 Å². The Morgan fingerprint density at radius 3 is 2.67 bits per heavy atom. The molecule has 0 aliphatic heterocycles. The standard InChI is InChI=1S/C15H11ClN2O2S/c1-9-2-7-13(20-9)15-18-12(8-21-15)14(19)17-11-5-3-10(16)4-6-11/h2-8H,1H3,(H,17,19). The van der Waals surface area contributed by atoms with Gasteiger partial charge in [-0.3, -0.25) is 4.79 Å². The summed E-state index contributed by atoms with van der Waals surface area (Å²) in [6, 6.07) is 10.6. The Bertz CT molecular complexity index is 777. The number of nitrogens with one attached hydrogen (secondary N) is 1. The highest BCUT2D eigenvalue weighted by Crippen LogP contribution is 2.26. The Kier molecular flexibility index (Phi) is 3.77. The molecule has 0 aliphatic rings. The SMILES string of the molecule is Cc1ccc(-c2nc(C(=O)Nc3ccc(Cl)cc3)cs2)o1. The van der Waals surface area contributed by atoms with Gasteiger partial charge in [0.15, 0.2) is 10.8 Å². The number of carbonyl (C=O) groups excluding carboxylic acids is 1. The first-order chi connectivity index (χ1) is 10.1. The lowest BCUT2D eigenvalue weighted by Crippen LogP contribution is -2.12. The second-order valence-electron chi connectivity index (χ2n) is 4.41. The van der Waals surface area contributed by atoms with Gasteiger partial charge >= 0.3 is 0 Å². The third-order valence-corrected chi connectivity index (χ3v) is 3.90. The lowest BCUT2D eigenvalue weighted by atomic mass is 10.3. The largest absolute Gasteiger partial charge is 0.459 e. The molecule has 6 heteroatoms. The smallest absolute Gasteiger partial charge is 0.275 e. The predicted molar refractivity (Wildman–Crippen MR) is 84.0 cm³/mol. The Labute approximate surface area is 130 Å². The van der Waals surface area contributed by atoms with Crippen LogP contribution < -0.4 is 5.32 Å². The van der Waals surface area contributed by atoms with E-state index in [2.05, 4.69) is 10.3 Å². The summed E-state index contributed by atoms with van der Waals surface area (Å²) in [5, 5.41) is 5.79. The van der Waals surface area contributed by atoms with Crippen molar-refractivity contribution in [2.24, 2.45) is 0 Å². The number of aromatic nitrogens is 1. The van der Waals surface area contributed by atoms with Gasteiger partial charge in [-0.1, -0.05) is 11.6 Å². The molecule has 3 aromatic rings. The van der Waals surface area contributed by atoms with Crippen molar-refractivity contribution in [3.8, 4) is 10.8 Å². The van der Waals surface area contributed by atoms with Crippen molar-refractivity contribution >= 4 is 34.5 Å². The fourth-order valence-electron chi connectivity index (χ4n) is 1.77. The minimum Gasteiger partial charge on any atom is -0.459 e. The first kappa shape index (κ1) is 13.9. The first-order valence-corrected chi connectivity index (χ1v) is 7.47. The average Bonchev–Trinajstić information content (AvgIpc) is 3.10. The van der Waals surface area contributed by atoms with E-state index < -0.39 is 0 Å². The minimum absolute atomic E-state index is 0.261. The maximum atomic E-state index is 12.1. The van der Waals surface area contributed by atoms with Crippen LogP contribution in [0.4, 0.5) is 5.69 Å². The monoisotopic (exact) mass is 318 g/mol. The molecule has 1 aromatic carbocycles. The number of aryl methyl sites for hydroxylation is 1. The zero-order valence-corrected chi connectivity index (χ0v) is 12.7. The van der Waals surface area contributed by atoms with Gasteiger partial charge in [0.05, 0.1) is 0 Å². The summed E-state index contributed by atoms with van der Waals surface area (Å²) < 4.78 is 5.50. The predicted octanol–water partition coefficient (Wildman–Crippen LogP) is 4.62. The third kappa shape index (κ3) is 3.15. The number of amides is 1. The lowest BCUT2D eigenvalue weighted by Gasteiger charge is -2.02. The van der Waals surface area contributed by atoms with E-state index in [-0.39, 0.29) is 5.91 Å². The highest BCUT2D eigenvalue weighted by Gasteiger charge is 2.13. The summed E-state index contributed by atoms with van der Waals surface area (Å²) in [4.78, 5) is 16.4. The highest BCUT2D eigenvalue weighted by molar-refractivity contribution is 7.13. The molecule has 0 spiro atoms. The van der Waals surface area contributed by atoms with Crippen LogP contribution in [0.5, 0.6) is 0 Å². The Balaban J connectivity index is 1.76. The van der Waals surface area contributed by atoms with Crippen LogP contribution in [0.1, 0.15) is 16.2 Å². The first-order valence-electron chi connectivity index (χ1n) is 6.21. The molecule has 0 bridgehead atoms. The topological polar surface area (TPSA) is 55.1 Å². The zero-order valence-electron chi connectivity index (χ0n) is 11.1. The summed E-state index contributed by atoms with van der Waals surface area (Å²) in [6.07, 6.45) is 0. The maximum Gasteiger partial charge on any atom is 0.275 e. The van der Waals surface area contributed by atoms with Gasteiger partial charge in [-0.2, -0.15) is 0 Å². The number of hydrogen-bond donors (Lipinski definition) is 1. The molecule has 3 rings (SSSR count). The number of anilines is 1. The van der Waals surface area contributed by atoms with Crippen molar-refractivity contribution in [1.82, 2.24) is 4.98 Å². The molecule has 0 fully saturated rings. The van der Waals surface area contributed by atoms with E-state index in [0.29, 0.717) is 27.2 Å². The fourth-order valence-corrected chi connectivity index (χ4v) is 2.65. The van der Waals surface area contributed by atoms with Crippen LogP contribution in [0.15, 0.2) is 46.2 Å². The number of hydrogen-bond acceptors (Lipinski definition) is 4. The number of carbonyl (C=O) groups is 1. The van der Waals surface area contributed by atoms with Gasteiger partial charge in [0.1, 0.15) is 11.5 Å². The zero-order chi connectivity index (χ0) is 14.8. The van der Waals surface area contributed by atoms with Gasteiger partial charge in [0.25, 0.3) is 5.91 Å². The van der Waals surface area contributed by atoms with Gasteiger partial charge in [-0.05, 0) is 43.3 Å². The van der Waals surface area contributed by atoms with Crippen molar-refractivity contribution in [3.05, 3.63) is 58.3 Å². The van der Waals surface area contributed by atoms with E-state index in [1.54, 1.807) is 29.6 Å². The second kappa shape index (κ2) is 5.71. The van der Waals surface area contributed by atoms with Gasteiger partial charge in [0, 0.05) is 16.1 Å². The lowest BCUT2D eigenvalue weighted by molar-refractivity contribution is 0.102. The van der Waals surface area contributed by atoms with Crippen LogP contribution in [0.3, 0.4) is 0 Å². The van der Waals surface area contributed by atoms with E-state index in [9.17, 15) is 4.79 Å². The summed E-state index contributed by atoms with van der Waals surface area (Å²) in [5.74, 6) is 1.22. The molecule has 0 saturated heterocycles. The molecule has 2 aromatic heterocycles. The molecule has 0 unspecified atom stereocenters. The average molecular weight is 319 g/mol. The number of furan rings is 1. The van der Waals surface area contributed by atoms with E-state index in [1.807, 2.05) is 19.1 Å². The fraction of sp³-hybridized carbons (Fsp3) is 0.0667. The van der Waals surface area contributed by atoms with E-state index >= 15 is 0 Å². The summed E-state index contributed by atoms with van der Waals surface area (Å²) in [6.45, 7) is 1.87. The van der Waals surface area contributed by atoms with Gasteiger partial charge in [-0.15, -0.1) is 11.3 Å². The summed E-state index contributed by atoms with van der Waals surface area (Å²) >= 11 is 7.18.